The summed E-state index contributed by atoms with van der Waals surface area (Å²) in [6.07, 6.45) is 7.59. The zero-order valence-corrected chi connectivity index (χ0v) is 11.2. The van der Waals surface area contributed by atoms with Gasteiger partial charge in [0.1, 0.15) is 0 Å². The summed E-state index contributed by atoms with van der Waals surface area (Å²) in [4.78, 5) is 12.0. The third-order valence-electron chi connectivity index (χ3n) is 4.15. The van der Waals surface area contributed by atoms with Crippen LogP contribution in [0.4, 0.5) is 0 Å². The Balaban J connectivity index is 1.83. The SMILES string of the molecule is CC(C)CC1NCC(C2CCCCC2)NC1=O. The van der Waals surface area contributed by atoms with Gasteiger partial charge in [0.2, 0.25) is 5.91 Å². The zero-order chi connectivity index (χ0) is 12.3. The third-order valence-corrected chi connectivity index (χ3v) is 4.15. The fourth-order valence-electron chi connectivity index (χ4n) is 3.18. The number of carbonyl (C=O) groups excluding carboxylic acids is 1. The lowest BCUT2D eigenvalue weighted by atomic mass is 9.82. The van der Waals surface area contributed by atoms with E-state index in [1.54, 1.807) is 0 Å². The second-order valence-corrected chi connectivity index (χ2v) is 6.10. The highest BCUT2D eigenvalue weighted by Gasteiger charge is 2.32. The van der Waals surface area contributed by atoms with Crippen molar-refractivity contribution >= 4 is 5.91 Å². The van der Waals surface area contributed by atoms with Crippen molar-refractivity contribution in [3.05, 3.63) is 0 Å². The van der Waals surface area contributed by atoms with Crippen LogP contribution in [0.2, 0.25) is 0 Å². The van der Waals surface area contributed by atoms with Crippen LogP contribution in [0.5, 0.6) is 0 Å². The van der Waals surface area contributed by atoms with E-state index in [1.807, 2.05) is 0 Å². The molecule has 1 amide bonds. The van der Waals surface area contributed by atoms with Gasteiger partial charge in [0, 0.05) is 12.6 Å². The van der Waals surface area contributed by atoms with Crippen LogP contribution in [0.15, 0.2) is 0 Å². The number of hydrogen-bond acceptors (Lipinski definition) is 2. The van der Waals surface area contributed by atoms with E-state index in [9.17, 15) is 4.79 Å². The molecule has 1 aliphatic carbocycles. The highest BCUT2D eigenvalue weighted by molar-refractivity contribution is 5.82. The molecule has 98 valence electrons. The second-order valence-electron chi connectivity index (χ2n) is 6.10. The Hall–Kier alpha value is -0.570. The van der Waals surface area contributed by atoms with Crippen molar-refractivity contribution in [2.45, 2.75) is 64.5 Å². The van der Waals surface area contributed by atoms with Crippen molar-refractivity contribution in [2.75, 3.05) is 6.54 Å². The molecule has 17 heavy (non-hydrogen) atoms. The fourth-order valence-corrected chi connectivity index (χ4v) is 3.18. The van der Waals surface area contributed by atoms with Crippen LogP contribution in [0.25, 0.3) is 0 Å². The minimum Gasteiger partial charge on any atom is -0.350 e. The van der Waals surface area contributed by atoms with Crippen LogP contribution in [0.3, 0.4) is 0 Å². The monoisotopic (exact) mass is 238 g/mol. The lowest BCUT2D eigenvalue weighted by Crippen LogP contribution is -2.60. The molecule has 3 nitrogen and oxygen atoms in total. The first-order chi connectivity index (χ1) is 8.16. The minimum absolute atomic E-state index is 0.0369. The summed E-state index contributed by atoms with van der Waals surface area (Å²) in [5.74, 6) is 1.50. The summed E-state index contributed by atoms with van der Waals surface area (Å²) in [5, 5.41) is 6.68. The first-order valence-electron chi connectivity index (χ1n) is 7.20. The summed E-state index contributed by atoms with van der Waals surface area (Å²) in [7, 11) is 0. The van der Waals surface area contributed by atoms with Crippen molar-refractivity contribution in [1.82, 2.24) is 10.6 Å². The maximum Gasteiger partial charge on any atom is 0.237 e. The third kappa shape index (κ3) is 3.44. The van der Waals surface area contributed by atoms with Crippen LogP contribution in [-0.4, -0.2) is 24.5 Å². The summed E-state index contributed by atoms with van der Waals surface area (Å²) in [6.45, 7) is 5.30. The summed E-state index contributed by atoms with van der Waals surface area (Å²) in [5.41, 5.74) is 0. The molecule has 0 radical (unpaired) electrons. The molecule has 2 N–H and O–H groups in total. The van der Waals surface area contributed by atoms with Gasteiger partial charge >= 0.3 is 0 Å². The molecule has 2 aliphatic rings. The van der Waals surface area contributed by atoms with E-state index in [0.717, 1.165) is 13.0 Å². The maximum absolute atomic E-state index is 12.0. The number of rotatable bonds is 3. The molecule has 0 aromatic carbocycles. The molecule has 0 aromatic rings. The lowest BCUT2D eigenvalue weighted by Gasteiger charge is -2.37. The van der Waals surface area contributed by atoms with Gasteiger partial charge in [-0.2, -0.15) is 0 Å². The average molecular weight is 238 g/mol. The quantitative estimate of drug-likeness (QED) is 0.790. The van der Waals surface area contributed by atoms with Gasteiger partial charge in [-0.05, 0) is 31.1 Å². The maximum atomic E-state index is 12.0. The Labute approximate surface area is 105 Å². The topological polar surface area (TPSA) is 41.1 Å². The molecule has 1 heterocycles. The van der Waals surface area contributed by atoms with Gasteiger partial charge in [-0.15, -0.1) is 0 Å². The van der Waals surface area contributed by atoms with Crippen LogP contribution in [0.1, 0.15) is 52.4 Å². The lowest BCUT2D eigenvalue weighted by molar-refractivity contribution is -0.126. The van der Waals surface area contributed by atoms with Crippen LogP contribution in [-0.2, 0) is 4.79 Å². The first kappa shape index (κ1) is 12.9. The van der Waals surface area contributed by atoms with E-state index in [0.29, 0.717) is 17.9 Å². The van der Waals surface area contributed by atoms with Crippen molar-refractivity contribution < 1.29 is 4.79 Å². The predicted molar refractivity (Wildman–Crippen MR) is 69.8 cm³/mol. The molecule has 2 rings (SSSR count). The Morgan fingerprint density at radius 1 is 1.24 bits per heavy atom. The summed E-state index contributed by atoms with van der Waals surface area (Å²) < 4.78 is 0. The molecule has 3 heteroatoms. The number of piperazine rings is 1. The van der Waals surface area contributed by atoms with Crippen LogP contribution < -0.4 is 10.6 Å². The second kappa shape index (κ2) is 5.85. The standard InChI is InChI=1S/C14H26N2O/c1-10(2)8-12-14(17)16-13(9-15-12)11-6-4-3-5-7-11/h10-13,15H,3-9H2,1-2H3,(H,16,17). The minimum atomic E-state index is 0.0369. The van der Waals surface area contributed by atoms with Crippen molar-refractivity contribution in [3.8, 4) is 0 Å². The van der Waals surface area contributed by atoms with Gasteiger partial charge in [0.05, 0.1) is 6.04 Å². The summed E-state index contributed by atoms with van der Waals surface area (Å²) in [6, 6.07) is 0.418. The van der Waals surface area contributed by atoms with Gasteiger partial charge in [0.25, 0.3) is 0 Å². The molecule has 2 unspecified atom stereocenters. The van der Waals surface area contributed by atoms with Crippen molar-refractivity contribution in [1.29, 1.82) is 0 Å². The summed E-state index contributed by atoms with van der Waals surface area (Å²) >= 11 is 0. The van der Waals surface area contributed by atoms with Crippen molar-refractivity contribution in [3.63, 3.8) is 0 Å². The first-order valence-corrected chi connectivity index (χ1v) is 7.20. The average Bonchev–Trinajstić information content (AvgIpc) is 2.32. The number of nitrogens with one attached hydrogen (secondary N) is 2. The van der Waals surface area contributed by atoms with Crippen LogP contribution >= 0.6 is 0 Å². The van der Waals surface area contributed by atoms with Gasteiger partial charge in [-0.25, -0.2) is 0 Å². The van der Waals surface area contributed by atoms with E-state index in [-0.39, 0.29) is 11.9 Å². The van der Waals surface area contributed by atoms with E-state index >= 15 is 0 Å². The Morgan fingerprint density at radius 2 is 1.94 bits per heavy atom. The number of carbonyl (C=O) groups is 1. The normalized spacial score (nSPS) is 31.6. The smallest absolute Gasteiger partial charge is 0.237 e. The van der Waals surface area contributed by atoms with Gasteiger partial charge in [-0.1, -0.05) is 33.1 Å². The van der Waals surface area contributed by atoms with Gasteiger partial charge in [0.15, 0.2) is 0 Å². The van der Waals surface area contributed by atoms with E-state index in [4.69, 9.17) is 0 Å². The molecule has 0 aromatic heterocycles. The van der Waals surface area contributed by atoms with Crippen molar-refractivity contribution in [2.24, 2.45) is 11.8 Å². The number of amides is 1. The molecule has 2 fully saturated rings. The molecule has 0 bridgehead atoms. The fraction of sp³-hybridized carbons (Fsp3) is 0.929. The molecule has 1 aliphatic heterocycles. The van der Waals surface area contributed by atoms with Crippen LogP contribution in [0, 0.1) is 11.8 Å². The number of hydrogen-bond donors (Lipinski definition) is 2. The Kier molecular flexibility index (Phi) is 4.43. The highest BCUT2D eigenvalue weighted by Crippen LogP contribution is 2.27. The molecular formula is C14H26N2O. The highest BCUT2D eigenvalue weighted by atomic mass is 16.2. The van der Waals surface area contributed by atoms with E-state index in [2.05, 4.69) is 24.5 Å². The Morgan fingerprint density at radius 3 is 2.53 bits per heavy atom. The molecule has 1 saturated carbocycles. The Bertz CT molecular complexity index is 259. The zero-order valence-electron chi connectivity index (χ0n) is 11.2. The molecular weight excluding hydrogens is 212 g/mol. The van der Waals surface area contributed by atoms with E-state index < -0.39 is 0 Å². The predicted octanol–water partition coefficient (Wildman–Crippen LogP) is 2.07. The van der Waals surface area contributed by atoms with E-state index in [1.165, 1.54) is 32.1 Å². The largest absolute Gasteiger partial charge is 0.350 e. The molecule has 0 spiro atoms. The van der Waals surface area contributed by atoms with Gasteiger partial charge in [-0.3, -0.25) is 4.79 Å². The molecule has 1 saturated heterocycles. The van der Waals surface area contributed by atoms with Gasteiger partial charge < -0.3 is 10.6 Å². The molecule has 2 atom stereocenters.